The van der Waals surface area contributed by atoms with Gasteiger partial charge in [-0.15, -0.1) is 0 Å². The summed E-state index contributed by atoms with van der Waals surface area (Å²) in [6.45, 7) is 2.77. The molecule has 0 aliphatic heterocycles. The number of anilines is 1. The largest absolute Gasteiger partial charge is 0.464 e. The third kappa shape index (κ3) is 2.84. The number of nitrogens with one attached hydrogen (secondary N) is 1. The summed E-state index contributed by atoms with van der Waals surface area (Å²) >= 11 is 1.67. The molecule has 0 saturated carbocycles. The van der Waals surface area contributed by atoms with Crippen molar-refractivity contribution in [3.8, 4) is 0 Å². The number of aryl methyl sites for hydroxylation is 1. The number of thiophene rings is 1. The Morgan fingerprint density at radius 3 is 2.78 bits per heavy atom. The molecule has 0 amide bonds. The number of ether oxygens (including phenoxy) is 1. The molecular formula is C12H13N3O2S. The molecule has 0 bridgehead atoms. The lowest BCUT2D eigenvalue weighted by molar-refractivity contribution is 0.0593. The molecule has 0 saturated heterocycles. The Kier molecular flexibility index (Phi) is 3.88. The van der Waals surface area contributed by atoms with Crippen molar-refractivity contribution in [1.82, 2.24) is 9.97 Å². The van der Waals surface area contributed by atoms with E-state index >= 15 is 0 Å². The number of methoxy groups -OCH3 is 1. The lowest BCUT2D eigenvalue weighted by atomic mass is 10.2. The smallest absolute Gasteiger partial charge is 0.358 e. The summed E-state index contributed by atoms with van der Waals surface area (Å²) in [4.78, 5) is 19.3. The quantitative estimate of drug-likeness (QED) is 0.857. The van der Waals surface area contributed by atoms with Gasteiger partial charge in [-0.05, 0) is 28.8 Å². The van der Waals surface area contributed by atoms with Crippen LogP contribution < -0.4 is 5.32 Å². The molecule has 0 aromatic carbocycles. The topological polar surface area (TPSA) is 64.1 Å². The average molecular weight is 263 g/mol. The summed E-state index contributed by atoms with van der Waals surface area (Å²) in [5, 5.41) is 7.35. The first-order valence-electron chi connectivity index (χ1n) is 5.36. The summed E-state index contributed by atoms with van der Waals surface area (Å²) in [6, 6.07) is 0. The number of esters is 1. The Balaban J connectivity index is 1.98. The van der Waals surface area contributed by atoms with Gasteiger partial charge in [0, 0.05) is 6.54 Å². The van der Waals surface area contributed by atoms with Crippen LogP contribution in [0.5, 0.6) is 0 Å². The molecule has 6 heteroatoms. The molecule has 0 fully saturated rings. The van der Waals surface area contributed by atoms with E-state index < -0.39 is 5.97 Å². The van der Waals surface area contributed by atoms with Crippen LogP contribution in [0.1, 0.15) is 21.6 Å². The van der Waals surface area contributed by atoms with Gasteiger partial charge in [-0.3, -0.25) is 0 Å². The van der Waals surface area contributed by atoms with Gasteiger partial charge in [0.2, 0.25) is 0 Å². The molecule has 0 atom stereocenters. The summed E-state index contributed by atoms with van der Waals surface area (Å²) in [5.41, 5.74) is 2.69. The summed E-state index contributed by atoms with van der Waals surface area (Å²) in [7, 11) is 1.32. The molecule has 18 heavy (non-hydrogen) atoms. The Bertz CT molecular complexity index is 537. The molecule has 5 nitrogen and oxygen atoms in total. The highest BCUT2D eigenvalue weighted by Gasteiger charge is 2.07. The number of carbonyl (C=O) groups excluding carboxylic acids is 1. The minimum absolute atomic E-state index is 0.203. The SMILES string of the molecule is COC(=O)c1cnc(NCc2cscc2C)cn1. The van der Waals surface area contributed by atoms with Gasteiger partial charge in [0.1, 0.15) is 5.82 Å². The van der Waals surface area contributed by atoms with E-state index in [1.54, 1.807) is 11.3 Å². The van der Waals surface area contributed by atoms with Crippen LogP contribution in [0.25, 0.3) is 0 Å². The number of rotatable bonds is 4. The molecule has 0 spiro atoms. The maximum absolute atomic E-state index is 11.2. The molecule has 2 rings (SSSR count). The molecule has 0 aliphatic carbocycles. The highest BCUT2D eigenvalue weighted by molar-refractivity contribution is 7.08. The van der Waals surface area contributed by atoms with Gasteiger partial charge in [0.05, 0.1) is 19.5 Å². The second-order valence-electron chi connectivity index (χ2n) is 3.71. The lowest BCUT2D eigenvalue weighted by Gasteiger charge is -2.05. The van der Waals surface area contributed by atoms with Crippen molar-refractivity contribution in [2.24, 2.45) is 0 Å². The van der Waals surface area contributed by atoms with Crippen LogP contribution in [0.2, 0.25) is 0 Å². The molecular weight excluding hydrogens is 250 g/mol. The van der Waals surface area contributed by atoms with Gasteiger partial charge in [-0.25, -0.2) is 14.8 Å². The number of carbonyl (C=O) groups is 1. The minimum Gasteiger partial charge on any atom is -0.464 e. The second kappa shape index (κ2) is 5.59. The van der Waals surface area contributed by atoms with Crippen molar-refractivity contribution >= 4 is 23.1 Å². The zero-order valence-electron chi connectivity index (χ0n) is 10.1. The molecule has 2 heterocycles. The normalized spacial score (nSPS) is 10.1. The zero-order chi connectivity index (χ0) is 13.0. The fourth-order valence-electron chi connectivity index (χ4n) is 1.38. The van der Waals surface area contributed by atoms with Gasteiger partial charge >= 0.3 is 5.97 Å². The van der Waals surface area contributed by atoms with Crippen LogP contribution in [-0.4, -0.2) is 23.0 Å². The fraction of sp³-hybridized carbons (Fsp3) is 0.250. The molecule has 0 aliphatic rings. The van der Waals surface area contributed by atoms with Crippen LogP contribution in [0.15, 0.2) is 23.2 Å². The Labute approximate surface area is 109 Å². The van der Waals surface area contributed by atoms with E-state index in [1.807, 2.05) is 0 Å². The average Bonchev–Trinajstić information content (AvgIpc) is 2.81. The fourth-order valence-corrected chi connectivity index (χ4v) is 2.24. The van der Waals surface area contributed by atoms with E-state index in [4.69, 9.17) is 0 Å². The summed E-state index contributed by atoms with van der Waals surface area (Å²) in [6.07, 6.45) is 2.92. The van der Waals surface area contributed by atoms with E-state index in [9.17, 15) is 4.79 Å². The Hall–Kier alpha value is -1.95. The molecule has 0 radical (unpaired) electrons. The van der Waals surface area contributed by atoms with Crippen LogP contribution in [0, 0.1) is 6.92 Å². The number of hydrogen-bond acceptors (Lipinski definition) is 6. The molecule has 0 unspecified atom stereocenters. The molecule has 2 aromatic rings. The lowest BCUT2D eigenvalue weighted by Crippen LogP contribution is -2.07. The Morgan fingerprint density at radius 1 is 1.39 bits per heavy atom. The summed E-state index contributed by atoms with van der Waals surface area (Å²) in [5.74, 6) is 0.149. The predicted molar refractivity (Wildman–Crippen MR) is 69.8 cm³/mol. The van der Waals surface area contributed by atoms with Crippen molar-refractivity contribution in [1.29, 1.82) is 0 Å². The third-order valence-corrected chi connectivity index (χ3v) is 3.38. The van der Waals surface area contributed by atoms with Crippen molar-refractivity contribution in [3.63, 3.8) is 0 Å². The van der Waals surface area contributed by atoms with Crippen LogP contribution in [0.3, 0.4) is 0 Å². The van der Waals surface area contributed by atoms with Crippen molar-refractivity contribution in [2.75, 3.05) is 12.4 Å². The number of aromatic nitrogens is 2. The van der Waals surface area contributed by atoms with E-state index in [1.165, 1.54) is 30.6 Å². The van der Waals surface area contributed by atoms with Gasteiger partial charge in [0.15, 0.2) is 5.69 Å². The van der Waals surface area contributed by atoms with E-state index in [0.717, 1.165) is 0 Å². The molecule has 94 valence electrons. The van der Waals surface area contributed by atoms with Crippen molar-refractivity contribution < 1.29 is 9.53 Å². The van der Waals surface area contributed by atoms with E-state index in [2.05, 4.69) is 37.7 Å². The first-order valence-corrected chi connectivity index (χ1v) is 6.31. The third-order valence-electron chi connectivity index (χ3n) is 2.47. The van der Waals surface area contributed by atoms with Crippen LogP contribution in [-0.2, 0) is 11.3 Å². The number of nitrogens with zero attached hydrogens (tertiary/aromatic N) is 2. The highest BCUT2D eigenvalue weighted by Crippen LogP contribution is 2.14. The first-order chi connectivity index (χ1) is 8.70. The summed E-state index contributed by atoms with van der Waals surface area (Å²) < 4.78 is 4.55. The highest BCUT2D eigenvalue weighted by atomic mass is 32.1. The van der Waals surface area contributed by atoms with Gasteiger partial charge < -0.3 is 10.1 Å². The molecule has 2 aromatic heterocycles. The Morgan fingerprint density at radius 2 is 2.22 bits per heavy atom. The standard InChI is InChI=1S/C12H13N3O2S/c1-8-6-18-7-9(8)3-14-11-5-13-10(4-15-11)12(16)17-2/h4-7H,3H2,1-2H3,(H,14,15). The zero-order valence-corrected chi connectivity index (χ0v) is 11.0. The van der Waals surface area contributed by atoms with Crippen LogP contribution >= 0.6 is 11.3 Å². The maximum Gasteiger partial charge on any atom is 0.358 e. The van der Waals surface area contributed by atoms with Gasteiger partial charge in [-0.1, -0.05) is 0 Å². The van der Waals surface area contributed by atoms with E-state index in [-0.39, 0.29) is 5.69 Å². The van der Waals surface area contributed by atoms with Crippen LogP contribution in [0.4, 0.5) is 5.82 Å². The van der Waals surface area contributed by atoms with Crippen molar-refractivity contribution in [3.05, 3.63) is 40.0 Å². The van der Waals surface area contributed by atoms with Gasteiger partial charge in [-0.2, -0.15) is 11.3 Å². The van der Waals surface area contributed by atoms with Gasteiger partial charge in [0.25, 0.3) is 0 Å². The van der Waals surface area contributed by atoms with Crippen molar-refractivity contribution in [2.45, 2.75) is 13.5 Å². The second-order valence-corrected chi connectivity index (χ2v) is 4.46. The maximum atomic E-state index is 11.2. The first kappa shape index (κ1) is 12.5. The number of hydrogen-bond donors (Lipinski definition) is 1. The molecule has 1 N–H and O–H groups in total. The monoisotopic (exact) mass is 263 g/mol. The predicted octanol–water partition coefficient (Wildman–Crippen LogP) is 2.25. The minimum atomic E-state index is -0.484. The van der Waals surface area contributed by atoms with E-state index in [0.29, 0.717) is 12.4 Å².